The largest absolute Gasteiger partial charge is 0.497 e. The van der Waals surface area contributed by atoms with Crippen molar-refractivity contribution in [3.63, 3.8) is 0 Å². The summed E-state index contributed by atoms with van der Waals surface area (Å²) in [5.41, 5.74) is 1.17. The van der Waals surface area contributed by atoms with Crippen LogP contribution in [0.2, 0.25) is 0 Å². The van der Waals surface area contributed by atoms with Crippen LogP contribution in [0, 0.1) is 0 Å². The third-order valence-electron chi connectivity index (χ3n) is 4.22. The number of pyridine rings is 1. The number of ether oxygens (including phenoxy) is 3. The number of benzene rings is 2. The maximum atomic E-state index is 13.0. The molecule has 0 saturated carbocycles. The van der Waals surface area contributed by atoms with Crippen LogP contribution in [0.5, 0.6) is 17.2 Å². The molecule has 1 aromatic heterocycles. The first-order valence-corrected chi connectivity index (χ1v) is 10.2. The summed E-state index contributed by atoms with van der Waals surface area (Å²) >= 11 is 0. The highest BCUT2D eigenvalue weighted by Gasteiger charge is 2.20. The number of hydrogen-bond donors (Lipinski definition) is 1. The van der Waals surface area contributed by atoms with Crippen LogP contribution < -0.4 is 18.9 Å². The minimum atomic E-state index is -3.80. The van der Waals surface area contributed by atoms with Crippen molar-refractivity contribution in [2.75, 3.05) is 20.8 Å². The Kier molecular flexibility index (Phi) is 6.01. The Morgan fingerprint density at radius 1 is 1.04 bits per heavy atom. The van der Waals surface area contributed by atoms with Gasteiger partial charge in [0, 0.05) is 23.7 Å². The average Bonchev–Trinajstić information content (AvgIpc) is 2.72. The topological polar surface area (TPSA) is 86.8 Å². The van der Waals surface area contributed by atoms with E-state index in [1.54, 1.807) is 49.7 Å². The Labute approximate surface area is 164 Å². The fraction of sp³-hybridized carbons (Fsp3) is 0.250. The molecule has 0 spiro atoms. The number of sulfonamides is 1. The predicted molar refractivity (Wildman–Crippen MR) is 106 cm³/mol. The minimum absolute atomic E-state index is 0.0532. The van der Waals surface area contributed by atoms with E-state index in [-0.39, 0.29) is 11.4 Å². The van der Waals surface area contributed by atoms with Crippen LogP contribution in [0.3, 0.4) is 0 Å². The number of fused-ring (bicyclic) bond motifs is 1. The summed E-state index contributed by atoms with van der Waals surface area (Å²) in [6.07, 6.45) is 1.61. The van der Waals surface area contributed by atoms with Crippen LogP contribution in [0.15, 0.2) is 53.6 Å². The number of methoxy groups -OCH3 is 2. The van der Waals surface area contributed by atoms with Crippen molar-refractivity contribution in [3.8, 4) is 17.2 Å². The summed E-state index contributed by atoms with van der Waals surface area (Å²) in [5.74, 6) is 1.74. The van der Waals surface area contributed by atoms with Gasteiger partial charge in [0.2, 0.25) is 10.0 Å². The second-order valence-corrected chi connectivity index (χ2v) is 7.63. The molecule has 3 rings (SSSR count). The maximum absolute atomic E-state index is 13.0. The van der Waals surface area contributed by atoms with E-state index in [2.05, 4.69) is 9.71 Å². The van der Waals surface area contributed by atoms with E-state index in [4.69, 9.17) is 14.2 Å². The first kappa shape index (κ1) is 19.9. The zero-order valence-electron chi connectivity index (χ0n) is 15.9. The highest BCUT2D eigenvalue weighted by molar-refractivity contribution is 7.89. The van der Waals surface area contributed by atoms with Gasteiger partial charge in [-0.05, 0) is 49.4 Å². The third-order valence-corrected chi connectivity index (χ3v) is 5.68. The molecule has 0 fully saturated rings. The van der Waals surface area contributed by atoms with Crippen LogP contribution in [0.25, 0.3) is 10.9 Å². The van der Waals surface area contributed by atoms with E-state index in [0.717, 1.165) is 0 Å². The summed E-state index contributed by atoms with van der Waals surface area (Å²) in [5, 5.41) is 0.499. The average molecular weight is 402 g/mol. The van der Waals surface area contributed by atoms with Gasteiger partial charge in [0.15, 0.2) is 0 Å². The third kappa shape index (κ3) is 4.02. The Bertz CT molecular complexity index is 1080. The maximum Gasteiger partial charge on any atom is 0.241 e. The molecule has 1 N–H and O–H groups in total. The standard InChI is InChI=1S/C20H22N2O5S/c1-4-27-18-9-10-19(16-6-5-11-21-20(16)18)28(23,24)22-13-14-12-15(25-2)7-8-17(14)26-3/h5-12,22H,4,13H2,1-3H3. The molecule has 0 amide bonds. The molecule has 0 saturated heterocycles. The van der Waals surface area contributed by atoms with Gasteiger partial charge in [-0.1, -0.05) is 0 Å². The lowest BCUT2D eigenvalue weighted by Crippen LogP contribution is -2.24. The Hall–Kier alpha value is -2.84. The van der Waals surface area contributed by atoms with Crippen LogP contribution in [-0.4, -0.2) is 34.2 Å². The molecule has 3 aromatic rings. The normalized spacial score (nSPS) is 11.4. The van der Waals surface area contributed by atoms with E-state index in [9.17, 15) is 8.42 Å². The van der Waals surface area contributed by atoms with Gasteiger partial charge in [0.1, 0.15) is 22.8 Å². The van der Waals surface area contributed by atoms with Gasteiger partial charge in [0.05, 0.1) is 25.7 Å². The van der Waals surface area contributed by atoms with Gasteiger partial charge >= 0.3 is 0 Å². The van der Waals surface area contributed by atoms with E-state index in [1.807, 2.05) is 6.92 Å². The van der Waals surface area contributed by atoms with Crippen LogP contribution in [0.1, 0.15) is 12.5 Å². The summed E-state index contributed by atoms with van der Waals surface area (Å²) < 4.78 is 44.7. The number of rotatable bonds is 8. The lowest BCUT2D eigenvalue weighted by Gasteiger charge is -2.14. The zero-order chi connectivity index (χ0) is 20.1. The molecule has 8 heteroatoms. The van der Waals surface area contributed by atoms with E-state index >= 15 is 0 Å². The van der Waals surface area contributed by atoms with E-state index in [1.165, 1.54) is 13.2 Å². The van der Waals surface area contributed by atoms with Crippen molar-refractivity contribution in [3.05, 3.63) is 54.2 Å². The lowest BCUT2D eigenvalue weighted by atomic mass is 10.2. The molecule has 28 heavy (non-hydrogen) atoms. The number of nitrogens with zero attached hydrogens (tertiary/aromatic N) is 1. The SMILES string of the molecule is CCOc1ccc(S(=O)(=O)NCc2cc(OC)ccc2OC)c2cccnc12. The second kappa shape index (κ2) is 8.45. The van der Waals surface area contributed by atoms with E-state index < -0.39 is 10.0 Å². The summed E-state index contributed by atoms with van der Waals surface area (Å²) in [7, 11) is -0.720. The van der Waals surface area contributed by atoms with Gasteiger partial charge < -0.3 is 14.2 Å². The molecule has 0 aliphatic rings. The van der Waals surface area contributed by atoms with Crippen LogP contribution in [0.4, 0.5) is 0 Å². The van der Waals surface area contributed by atoms with Gasteiger partial charge in [-0.15, -0.1) is 0 Å². The molecular formula is C20H22N2O5S. The van der Waals surface area contributed by atoms with Gasteiger partial charge in [-0.25, -0.2) is 13.1 Å². The van der Waals surface area contributed by atoms with Gasteiger partial charge in [0.25, 0.3) is 0 Å². The smallest absolute Gasteiger partial charge is 0.241 e. The Balaban J connectivity index is 1.95. The molecule has 0 atom stereocenters. The molecule has 2 aromatic carbocycles. The van der Waals surface area contributed by atoms with Crippen LogP contribution >= 0.6 is 0 Å². The number of aromatic nitrogens is 1. The first-order valence-electron chi connectivity index (χ1n) is 8.71. The monoisotopic (exact) mass is 402 g/mol. The Morgan fingerprint density at radius 2 is 1.82 bits per heavy atom. The summed E-state index contributed by atoms with van der Waals surface area (Å²) in [4.78, 5) is 4.43. The molecule has 0 aliphatic carbocycles. The second-order valence-electron chi connectivity index (χ2n) is 5.90. The Morgan fingerprint density at radius 3 is 2.54 bits per heavy atom. The van der Waals surface area contributed by atoms with Crippen molar-refractivity contribution < 1.29 is 22.6 Å². The van der Waals surface area contributed by atoms with Crippen molar-refractivity contribution in [2.24, 2.45) is 0 Å². The molecular weight excluding hydrogens is 380 g/mol. The fourth-order valence-corrected chi connectivity index (χ4v) is 4.10. The van der Waals surface area contributed by atoms with Crippen molar-refractivity contribution in [2.45, 2.75) is 18.4 Å². The molecule has 0 unspecified atom stereocenters. The highest BCUT2D eigenvalue weighted by Crippen LogP contribution is 2.30. The molecule has 0 bridgehead atoms. The summed E-state index contributed by atoms with van der Waals surface area (Å²) in [6, 6.07) is 11.8. The molecule has 0 aliphatic heterocycles. The first-order chi connectivity index (χ1) is 13.5. The summed E-state index contributed by atoms with van der Waals surface area (Å²) in [6.45, 7) is 2.38. The highest BCUT2D eigenvalue weighted by atomic mass is 32.2. The van der Waals surface area contributed by atoms with Gasteiger partial charge in [-0.3, -0.25) is 4.98 Å². The van der Waals surface area contributed by atoms with Crippen molar-refractivity contribution in [1.82, 2.24) is 9.71 Å². The molecule has 0 radical (unpaired) electrons. The molecule has 1 heterocycles. The zero-order valence-corrected chi connectivity index (χ0v) is 16.7. The molecule has 148 valence electrons. The predicted octanol–water partition coefficient (Wildman–Crippen LogP) is 3.13. The molecule has 7 nitrogen and oxygen atoms in total. The lowest BCUT2D eigenvalue weighted by molar-refractivity contribution is 0.343. The van der Waals surface area contributed by atoms with Gasteiger partial charge in [-0.2, -0.15) is 0 Å². The van der Waals surface area contributed by atoms with Crippen molar-refractivity contribution in [1.29, 1.82) is 0 Å². The number of hydrogen-bond acceptors (Lipinski definition) is 6. The quantitative estimate of drug-likeness (QED) is 0.623. The fourth-order valence-electron chi connectivity index (χ4n) is 2.90. The number of nitrogens with one attached hydrogen (secondary N) is 1. The van der Waals surface area contributed by atoms with Crippen LogP contribution in [-0.2, 0) is 16.6 Å². The van der Waals surface area contributed by atoms with E-state index in [0.29, 0.717) is 40.3 Å². The van der Waals surface area contributed by atoms with Crippen molar-refractivity contribution >= 4 is 20.9 Å². The minimum Gasteiger partial charge on any atom is -0.497 e.